The number of nitrogens with one attached hydrogen (secondary N) is 1. The zero-order chi connectivity index (χ0) is 17.2. The van der Waals surface area contributed by atoms with E-state index >= 15 is 0 Å². The molecule has 0 aliphatic carbocycles. The number of imidazole rings is 1. The Bertz CT molecular complexity index is 663. The number of alkyl halides is 3. The minimum absolute atomic E-state index is 0.127. The molecule has 8 heteroatoms. The van der Waals surface area contributed by atoms with Crippen LogP contribution in [0.1, 0.15) is 30.3 Å². The molecule has 5 nitrogen and oxygen atoms in total. The van der Waals surface area contributed by atoms with E-state index in [1.54, 1.807) is 6.20 Å². The van der Waals surface area contributed by atoms with Crippen LogP contribution in [0.3, 0.4) is 0 Å². The summed E-state index contributed by atoms with van der Waals surface area (Å²) in [5.74, 6) is 1.52. The summed E-state index contributed by atoms with van der Waals surface area (Å²) in [6.07, 6.45) is 1.76. The lowest BCUT2D eigenvalue weighted by Crippen LogP contribution is -2.29. The highest BCUT2D eigenvalue weighted by Gasteiger charge is 2.31. The molecule has 1 aliphatic rings. The maximum absolute atomic E-state index is 12.7. The molecule has 3 heterocycles. The number of nitrogens with zero attached hydrogens (tertiary/aromatic N) is 3. The maximum Gasteiger partial charge on any atom is 0.417 e. The van der Waals surface area contributed by atoms with E-state index in [-0.39, 0.29) is 12.0 Å². The molecule has 1 saturated heterocycles. The topological polar surface area (TPSA) is 52.0 Å². The number of aromatic nitrogens is 3. The lowest BCUT2D eigenvalue weighted by atomic mass is 9.91. The molecular formula is C16H19F3N4O. The van der Waals surface area contributed by atoms with Crippen LogP contribution in [-0.2, 0) is 18.0 Å². The minimum Gasteiger partial charge on any atom is -0.381 e. The van der Waals surface area contributed by atoms with E-state index in [9.17, 15) is 13.2 Å². The Hall–Kier alpha value is -2.09. The number of anilines is 1. The molecule has 1 atom stereocenters. The third-order valence-electron chi connectivity index (χ3n) is 4.27. The molecule has 0 bridgehead atoms. The lowest BCUT2D eigenvalue weighted by molar-refractivity contribution is -0.137. The van der Waals surface area contributed by atoms with Crippen LogP contribution < -0.4 is 5.32 Å². The Kier molecular flexibility index (Phi) is 4.75. The van der Waals surface area contributed by atoms with Crippen molar-refractivity contribution in [1.29, 1.82) is 0 Å². The van der Waals surface area contributed by atoms with Crippen LogP contribution >= 0.6 is 0 Å². The van der Waals surface area contributed by atoms with E-state index < -0.39 is 11.7 Å². The number of pyridine rings is 1. The smallest absolute Gasteiger partial charge is 0.381 e. The highest BCUT2D eigenvalue weighted by molar-refractivity contribution is 5.38. The van der Waals surface area contributed by atoms with Crippen molar-refractivity contribution in [3.05, 3.63) is 42.1 Å². The molecule has 3 rings (SSSR count). The summed E-state index contributed by atoms with van der Waals surface area (Å²) < 4.78 is 45.3. The zero-order valence-corrected chi connectivity index (χ0v) is 13.3. The van der Waals surface area contributed by atoms with Crippen molar-refractivity contribution < 1.29 is 17.9 Å². The van der Waals surface area contributed by atoms with Crippen LogP contribution in [0.25, 0.3) is 0 Å². The molecule has 0 aromatic carbocycles. The summed E-state index contributed by atoms with van der Waals surface area (Å²) in [5, 5.41) is 3.25. The van der Waals surface area contributed by atoms with Gasteiger partial charge in [-0.15, -0.1) is 0 Å². The molecule has 1 N–H and O–H groups in total. The predicted molar refractivity (Wildman–Crippen MR) is 82.4 cm³/mol. The molecule has 2 aromatic heterocycles. The van der Waals surface area contributed by atoms with Gasteiger partial charge in [-0.2, -0.15) is 13.2 Å². The van der Waals surface area contributed by atoms with Crippen LogP contribution in [0.5, 0.6) is 0 Å². The summed E-state index contributed by atoms with van der Waals surface area (Å²) in [4.78, 5) is 8.32. The van der Waals surface area contributed by atoms with E-state index in [2.05, 4.69) is 15.3 Å². The van der Waals surface area contributed by atoms with Gasteiger partial charge in [0.25, 0.3) is 0 Å². The zero-order valence-electron chi connectivity index (χ0n) is 13.3. The maximum atomic E-state index is 12.7. The van der Waals surface area contributed by atoms with E-state index in [4.69, 9.17) is 4.74 Å². The number of rotatable bonds is 4. The van der Waals surface area contributed by atoms with Gasteiger partial charge in [-0.1, -0.05) is 0 Å². The SMILES string of the molecule is Cn1ccnc1[C@@H](Nc1ccc(C(F)(F)F)cn1)C1CCOCC1. The van der Waals surface area contributed by atoms with Gasteiger partial charge in [0.1, 0.15) is 11.6 Å². The fourth-order valence-electron chi connectivity index (χ4n) is 2.93. The normalized spacial score (nSPS) is 17.7. The number of aryl methyl sites for hydroxylation is 1. The monoisotopic (exact) mass is 340 g/mol. The van der Waals surface area contributed by atoms with Crippen molar-refractivity contribution in [3.63, 3.8) is 0 Å². The molecular weight excluding hydrogens is 321 g/mol. The standard InChI is InChI=1S/C16H19F3N4O/c1-23-7-6-20-15(23)14(11-4-8-24-9-5-11)22-13-3-2-12(10-21-13)16(17,18)19/h2-3,6-7,10-11,14H,4-5,8-9H2,1H3,(H,21,22)/t14-/m0/s1. The largest absolute Gasteiger partial charge is 0.417 e. The molecule has 2 aromatic rings. The van der Waals surface area contributed by atoms with Gasteiger partial charge < -0.3 is 14.6 Å². The second-order valence-corrected chi connectivity index (χ2v) is 5.90. The van der Waals surface area contributed by atoms with E-state index in [0.29, 0.717) is 19.0 Å². The van der Waals surface area contributed by atoms with Crippen LogP contribution in [0.4, 0.5) is 19.0 Å². The average Bonchev–Trinajstić information content (AvgIpc) is 2.99. The third-order valence-corrected chi connectivity index (χ3v) is 4.27. The second kappa shape index (κ2) is 6.80. The summed E-state index contributed by atoms with van der Waals surface area (Å²) in [7, 11) is 1.90. The number of hydrogen-bond acceptors (Lipinski definition) is 4. The third kappa shape index (κ3) is 3.69. The first kappa shape index (κ1) is 16.8. The van der Waals surface area contributed by atoms with Crippen molar-refractivity contribution >= 4 is 5.82 Å². The van der Waals surface area contributed by atoms with Crippen molar-refractivity contribution in [1.82, 2.24) is 14.5 Å². The van der Waals surface area contributed by atoms with Gasteiger partial charge in [-0.05, 0) is 30.9 Å². The Labute approximate surface area is 137 Å². The van der Waals surface area contributed by atoms with Crippen LogP contribution in [0.2, 0.25) is 0 Å². The van der Waals surface area contributed by atoms with Gasteiger partial charge in [0.2, 0.25) is 0 Å². The first-order chi connectivity index (χ1) is 11.4. The minimum atomic E-state index is -4.38. The van der Waals surface area contributed by atoms with Crippen LogP contribution in [-0.4, -0.2) is 27.7 Å². The molecule has 0 radical (unpaired) electrons. The molecule has 130 valence electrons. The molecule has 0 spiro atoms. The van der Waals surface area contributed by atoms with Gasteiger partial charge in [0.15, 0.2) is 0 Å². The first-order valence-corrected chi connectivity index (χ1v) is 7.80. The molecule has 1 aliphatic heterocycles. The molecule has 0 amide bonds. The first-order valence-electron chi connectivity index (χ1n) is 7.80. The van der Waals surface area contributed by atoms with Crippen molar-refractivity contribution in [2.75, 3.05) is 18.5 Å². The van der Waals surface area contributed by atoms with Crippen molar-refractivity contribution in [2.24, 2.45) is 13.0 Å². The van der Waals surface area contributed by atoms with Gasteiger partial charge in [0.05, 0.1) is 11.6 Å². The second-order valence-electron chi connectivity index (χ2n) is 5.90. The molecule has 1 fully saturated rings. The summed E-state index contributed by atoms with van der Waals surface area (Å²) in [6.45, 7) is 1.35. The summed E-state index contributed by atoms with van der Waals surface area (Å²) in [6, 6.07) is 2.27. The summed E-state index contributed by atoms with van der Waals surface area (Å²) >= 11 is 0. The fraction of sp³-hybridized carbons (Fsp3) is 0.500. The van der Waals surface area contributed by atoms with E-state index in [0.717, 1.165) is 30.9 Å². The van der Waals surface area contributed by atoms with Gasteiger partial charge in [-0.3, -0.25) is 0 Å². The molecule has 0 unspecified atom stereocenters. The Morgan fingerprint density at radius 3 is 2.54 bits per heavy atom. The van der Waals surface area contributed by atoms with Gasteiger partial charge in [0, 0.05) is 38.9 Å². The molecule has 24 heavy (non-hydrogen) atoms. The van der Waals surface area contributed by atoms with Crippen LogP contribution in [0, 0.1) is 5.92 Å². The number of ether oxygens (including phenoxy) is 1. The fourth-order valence-corrected chi connectivity index (χ4v) is 2.93. The van der Waals surface area contributed by atoms with E-state index in [1.165, 1.54) is 6.07 Å². The Morgan fingerprint density at radius 2 is 2.00 bits per heavy atom. The van der Waals surface area contributed by atoms with Crippen molar-refractivity contribution in [3.8, 4) is 0 Å². The van der Waals surface area contributed by atoms with Gasteiger partial charge >= 0.3 is 6.18 Å². The Morgan fingerprint density at radius 1 is 1.25 bits per heavy atom. The van der Waals surface area contributed by atoms with E-state index in [1.807, 2.05) is 17.8 Å². The number of halogens is 3. The Balaban J connectivity index is 1.82. The highest BCUT2D eigenvalue weighted by Crippen LogP contribution is 2.33. The molecule has 0 saturated carbocycles. The number of hydrogen-bond donors (Lipinski definition) is 1. The summed E-state index contributed by atoms with van der Waals surface area (Å²) in [5.41, 5.74) is -0.757. The highest BCUT2D eigenvalue weighted by atomic mass is 19.4. The predicted octanol–water partition coefficient (Wildman–Crippen LogP) is 3.41. The van der Waals surface area contributed by atoms with Crippen LogP contribution in [0.15, 0.2) is 30.7 Å². The quantitative estimate of drug-likeness (QED) is 0.927. The van der Waals surface area contributed by atoms with Gasteiger partial charge in [-0.25, -0.2) is 9.97 Å². The van der Waals surface area contributed by atoms with Crippen molar-refractivity contribution in [2.45, 2.75) is 25.1 Å². The average molecular weight is 340 g/mol. The lowest BCUT2D eigenvalue weighted by Gasteiger charge is -2.31.